The van der Waals surface area contributed by atoms with Crippen molar-refractivity contribution in [1.82, 2.24) is 0 Å². The van der Waals surface area contributed by atoms with Gasteiger partial charge in [0.2, 0.25) is 0 Å². The molecule has 0 saturated heterocycles. The van der Waals surface area contributed by atoms with Crippen LogP contribution in [0, 0.1) is 0 Å². The van der Waals surface area contributed by atoms with Gasteiger partial charge in [-0.15, -0.1) is 0 Å². The lowest BCUT2D eigenvalue weighted by molar-refractivity contribution is -0.278. The number of esters is 1. The highest BCUT2D eigenvalue weighted by Crippen LogP contribution is 2.43. The summed E-state index contributed by atoms with van der Waals surface area (Å²) >= 11 is 0. The molecular weight excluding hydrogens is 517 g/mol. The monoisotopic (exact) mass is 548 g/mol. The minimum absolute atomic E-state index is 0.0414. The lowest BCUT2D eigenvalue weighted by Crippen LogP contribution is -2.52. The molecule has 39 heavy (non-hydrogen) atoms. The summed E-state index contributed by atoms with van der Waals surface area (Å²) in [7, 11) is 6.75. The fourth-order valence-electron chi connectivity index (χ4n) is 4.31. The summed E-state index contributed by atoms with van der Waals surface area (Å²) in [4.78, 5) is 13.4. The number of halogens is 3. The van der Waals surface area contributed by atoms with Gasteiger partial charge in [-0.05, 0) is 29.3 Å². The third-order valence-electron chi connectivity index (χ3n) is 6.30. The number of carbonyl (C=O) groups is 1. The second kappa shape index (κ2) is 12.8. The molecule has 10 heteroatoms. The molecule has 0 heterocycles. The van der Waals surface area contributed by atoms with Gasteiger partial charge in [-0.3, -0.25) is 0 Å². The van der Waals surface area contributed by atoms with E-state index >= 15 is 0 Å². The van der Waals surface area contributed by atoms with Crippen LogP contribution in [0.25, 0.3) is 0 Å². The first-order valence-electron chi connectivity index (χ1n) is 11.9. The van der Waals surface area contributed by atoms with Gasteiger partial charge in [-0.1, -0.05) is 42.5 Å². The first kappa shape index (κ1) is 29.6. The van der Waals surface area contributed by atoms with E-state index < -0.39 is 29.4 Å². The van der Waals surface area contributed by atoms with E-state index in [1.54, 1.807) is 42.5 Å². The Morgan fingerprint density at radius 1 is 0.744 bits per heavy atom. The third kappa shape index (κ3) is 6.39. The van der Waals surface area contributed by atoms with Gasteiger partial charge in [0.25, 0.3) is 5.60 Å². The fraction of sp³-hybridized carbons (Fsp3) is 0.345. The molecular formula is C29H31F3O7. The highest BCUT2D eigenvalue weighted by molar-refractivity contribution is 5.83. The summed E-state index contributed by atoms with van der Waals surface area (Å²) < 4.78 is 75.4. The molecule has 0 bridgehead atoms. The van der Waals surface area contributed by atoms with Crippen LogP contribution in [0.15, 0.2) is 66.7 Å². The lowest BCUT2D eigenvalue weighted by Gasteiger charge is -2.34. The molecule has 0 radical (unpaired) electrons. The first-order chi connectivity index (χ1) is 18.6. The van der Waals surface area contributed by atoms with Crippen LogP contribution >= 0.6 is 0 Å². The van der Waals surface area contributed by atoms with Crippen molar-refractivity contribution in [2.45, 2.75) is 30.7 Å². The number of hydrogen-bond acceptors (Lipinski definition) is 7. The number of methoxy groups -OCH3 is 5. The van der Waals surface area contributed by atoms with Crippen molar-refractivity contribution in [3.8, 4) is 23.0 Å². The first-order valence-corrected chi connectivity index (χ1v) is 11.9. The quantitative estimate of drug-likeness (QED) is 0.276. The maximum Gasteiger partial charge on any atom is 0.432 e. The van der Waals surface area contributed by atoms with Crippen molar-refractivity contribution < 1.29 is 46.4 Å². The van der Waals surface area contributed by atoms with E-state index in [4.69, 9.17) is 28.4 Å². The highest BCUT2D eigenvalue weighted by atomic mass is 19.4. The van der Waals surface area contributed by atoms with Gasteiger partial charge in [0, 0.05) is 31.6 Å². The molecule has 2 atom stereocenters. The smallest absolute Gasteiger partial charge is 0.432 e. The summed E-state index contributed by atoms with van der Waals surface area (Å²) in [5.41, 5.74) is -2.47. The Balaban J connectivity index is 2.04. The van der Waals surface area contributed by atoms with Crippen LogP contribution in [-0.2, 0) is 32.7 Å². The van der Waals surface area contributed by atoms with Crippen LogP contribution < -0.4 is 18.9 Å². The van der Waals surface area contributed by atoms with Crippen molar-refractivity contribution in [3.63, 3.8) is 0 Å². The minimum atomic E-state index is -5.11. The molecule has 0 aromatic heterocycles. The third-order valence-corrected chi connectivity index (χ3v) is 6.30. The number of carbonyl (C=O) groups excluding carboxylic acids is 1. The van der Waals surface area contributed by atoms with E-state index in [0.717, 1.165) is 7.11 Å². The summed E-state index contributed by atoms with van der Waals surface area (Å²) in [6, 6.07) is 16.8. The molecule has 3 rings (SSSR count). The Morgan fingerprint density at radius 3 is 1.97 bits per heavy atom. The van der Waals surface area contributed by atoms with E-state index in [1.165, 1.54) is 52.7 Å². The molecule has 0 aliphatic rings. The van der Waals surface area contributed by atoms with E-state index in [1.807, 2.05) is 0 Å². The molecule has 0 aliphatic carbocycles. The zero-order chi connectivity index (χ0) is 28.6. The van der Waals surface area contributed by atoms with Crippen molar-refractivity contribution >= 4 is 5.97 Å². The Morgan fingerprint density at radius 2 is 1.41 bits per heavy atom. The Hall–Kier alpha value is -3.92. The van der Waals surface area contributed by atoms with Crippen LogP contribution in [0.1, 0.15) is 16.7 Å². The Kier molecular flexibility index (Phi) is 9.69. The van der Waals surface area contributed by atoms with Crippen molar-refractivity contribution in [2.75, 3.05) is 35.5 Å². The van der Waals surface area contributed by atoms with Gasteiger partial charge in [-0.2, -0.15) is 13.2 Å². The van der Waals surface area contributed by atoms with Gasteiger partial charge in [0.05, 0.1) is 28.4 Å². The molecule has 0 aliphatic heterocycles. The van der Waals surface area contributed by atoms with Crippen molar-refractivity contribution in [2.24, 2.45) is 0 Å². The van der Waals surface area contributed by atoms with Crippen molar-refractivity contribution in [1.29, 1.82) is 0 Å². The maximum atomic E-state index is 14.5. The number of alkyl halides is 3. The topological polar surface area (TPSA) is 72.5 Å². The highest BCUT2D eigenvalue weighted by Gasteiger charge is 2.64. The summed E-state index contributed by atoms with van der Waals surface area (Å²) in [6.45, 7) is 0. The molecule has 210 valence electrons. The fourth-order valence-corrected chi connectivity index (χ4v) is 4.31. The summed E-state index contributed by atoms with van der Waals surface area (Å²) in [5.74, 6) is 0.281. The number of hydrogen-bond donors (Lipinski definition) is 0. The minimum Gasteiger partial charge on any atom is -0.497 e. The van der Waals surface area contributed by atoms with E-state index in [9.17, 15) is 18.0 Å². The molecule has 0 N–H and O–H groups in total. The SMILES string of the molecule is COc1ccc(C[C@@H](Cc2ccc(OC)c(OC)c2)OC(=O)[C@](OC)(c2ccccc2)C(F)(F)F)c(OC)c1. The number of rotatable bonds is 12. The van der Waals surface area contributed by atoms with Gasteiger partial charge in [0.15, 0.2) is 11.5 Å². The molecule has 7 nitrogen and oxygen atoms in total. The lowest BCUT2D eigenvalue weighted by atomic mass is 9.92. The second-order valence-corrected chi connectivity index (χ2v) is 8.55. The molecule has 0 fully saturated rings. The Labute approximate surface area is 225 Å². The Bertz CT molecular complexity index is 1250. The molecule has 3 aromatic rings. The largest absolute Gasteiger partial charge is 0.497 e. The molecule has 0 saturated carbocycles. The van der Waals surface area contributed by atoms with Crippen LogP contribution in [0.5, 0.6) is 23.0 Å². The predicted molar refractivity (Wildman–Crippen MR) is 138 cm³/mol. The van der Waals surface area contributed by atoms with Gasteiger partial charge >= 0.3 is 12.1 Å². The summed E-state index contributed by atoms with van der Waals surface area (Å²) in [6.07, 6.45) is -6.04. The summed E-state index contributed by atoms with van der Waals surface area (Å²) in [5, 5.41) is 0. The van der Waals surface area contributed by atoms with E-state index in [0.29, 0.717) is 34.1 Å². The standard InChI is InChI=1S/C29H31F3O7/c1-34-22-13-12-20(25(18-22)36-3)17-23(15-19-11-14-24(35-2)26(16-19)37-4)39-27(33)28(38-5,29(30,31)32)21-9-7-6-8-10-21/h6-14,16,18,23H,15,17H2,1-5H3/t23-,28-/m1/s1. The maximum absolute atomic E-state index is 14.5. The molecule has 0 unspecified atom stereocenters. The van der Waals surface area contributed by atoms with Crippen LogP contribution in [0.4, 0.5) is 13.2 Å². The molecule has 3 aromatic carbocycles. The van der Waals surface area contributed by atoms with Crippen molar-refractivity contribution in [3.05, 3.63) is 83.4 Å². The van der Waals surface area contributed by atoms with Crippen LogP contribution in [-0.4, -0.2) is 53.8 Å². The average molecular weight is 549 g/mol. The van der Waals surface area contributed by atoms with E-state index in [2.05, 4.69) is 0 Å². The zero-order valence-corrected chi connectivity index (χ0v) is 22.3. The second-order valence-electron chi connectivity index (χ2n) is 8.55. The molecule has 0 spiro atoms. The van der Waals surface area contributed by atoms with Crippen LogP contribution in [0.3, 0.4) is 0 Å². The average Bonchev–Trinajstić information content (AvgIpc) is 2.93. The zero-order valence-electron chi connectivity index (χ0n) is 22.3. The number of benzene rings is 3. The van der Waals surface area contributed by atoms with Gasteiger partial charge in [0.1, 0.15) is 17.6 Å². The van der Waals surface area contributed by atoms with Crippen LogP contribution in [0.2, 0.25) is 0 Å². The van der Waals surface area contributed by atoms with Gasteiger partial charge in [-0.25, -0.2) is 4.79 Å². The number of ether oxygens (including phenoxy) is 6. The van der Waals surface area contributed by atoms with E-state index in [-0.39, 0.29) is 12.8 Å². The van der Waals surface area contributed by atoms with Gasteiger partial charge < -0.3 is 28.4 Å². The molecule has 0 amide bonds. The predicted octanol–water partition coefficient (Wildman–Crippen LogP) is 5.52. The normalized spacial score (nSPS) is 13.6.